The Bertz CT molecular complexity index is 1560. The van der Waals surface area contributed by atoms with Gasteiger partial charge in [-0.3, -0.25) is 14.4 Å². The zero-order chi connectivity index (χ0) is 27.6. The van der Waals surface area contributed by atoms with Gasteiger partial charge in [-0.15, -0.1) is 0 Å². The summed E-state index contributed by atoms with van der Waals surface area (Å²) >= 11 is 0. The zero-order valence-electron chi connectivity index (χ0n) is 21.8. The number of benzene rings is 3. The van der Waals surface area contributed by atoms with Gasteiger partial charge in [-0.05, 0) is 42.2 Å². The first-order valence-corrected chi connectivity index (χ1v) is 13.0. The zero-order valence-corrected chi connectivity index (χ0v) is 21.8. The highest BCUT2D eigenvalue weighted by Gasteiger charge is 2.44. The number of carboxylic acid groups (broad SMARTS) is 1. The van der Waals surface area contributed by atoms with Crippen molar-refractivity contribution in [2.75, 3.05) is 36.4 Å². The van der Waals surface area contributed by atoms with E-state index in [0.29, 0.717) is 37.7 Å². The molecule has 2 atom stereocenters. The van der Waals surface area contributed by atoms with Gasteiger partial charge >= 0.3 is 11.7 Å². The molecule has 0 aliphatic carbocycles. The van der Waals surface area contributed by atoms with Gasteiger partial charge in [0.15, 0.2) is 12.1 Å². The van der Waals surface area contributed by atoms with E-state index in [4.69, 9.17) is 18.7 Å². The molecule has 0 amide bonds. The van der Waals surface area contributed by atoms with Crippen LogP contribution in [0.1, 0.15) is 22.8 Å². The van der Waals surface area contributed by atoms with Crippen LogP contribution in [0.2, 0.25) is 0 Å². The monoisotopic (exact) mass is 544 g/mol. The van der Waals surface area contributed by atoms with Gasteiger partial charge in [0.2, 0.25) is 6.35 Å². The van der Waals surface area contributed by atoms with Gasteiger partial charge in [0, 0.05) is 18.7 Å². The fraction of sp³-hybridized carbons (Fsp3) is 0.276. The molecule has 1 aromatic heterocycles. The minimum atomic E-state index is -1.00. The highest BCUT2D eigenvalue weighted by atomic mass is 16.7. The maximum Gasteiger partial charge on any atom is 0.439 e. The lowest BCUT2D eigenvalue weighted by molar-refractivity contribution is 0.00841. The lowest BCUT2D eigenvalue weighted by Crippen LogP contribution is -2.51. The van der Waals surface area contributed by atoms with Gasteiger partial charge in [-0.1, -0.05) is 59.8 Å². The van der Waals surface area contributed by atoms with Crippen LogP contribution < -0.4 is 15.6 Å². The van der Waals surface area contributed by atoms with Crippen molar-refractivity contribution in [1.82, 2.24) is 10.1 Å². The predicted octanol–water partition coefficient (Wildman–Crippen LogP) is 3.91. The molecule has 3 heterocycles. The van der Waals surface area contributed by atoms with Crippen LogP contribution in [0.5, 0.6) is 0 Å². The summed E-state index contributed by atoms with van der Waals surface area (Å²) in [6.07, 6.45) is -0.280. The SMILES string of the molecule is CCOC1N(CCc2ccc(-c3ccccc3-c3noc(=O)[nH]3)cc2)c2c(C(=O)O)cccc2N1C1COCO1. The molecule has 0 bridgehead atoms. The first-order chi connectivity index (χ1) is 19.5. The van der Waals surface area contributed by atoms with Crippen molar-refractivity contribution in [1.29, 1.82) is 0 Å². The molecule has 2 aliphatic rings. The fourth-order valence-electron chi connectivity index (χ4n) is 5.30. The number of aromatic nitrogens is 2. The van der Waals surface area contributed by atoms with Crippen molar-refractivity contribution in [2.45, 2.75) is 25.9 Å². The number of hydrogen-bond acceptors (Lipinski definition) is 9. The number of carboxylic acids is 1. The minimum Gasteiger partial charge on any atom is -0.478 e. The van der Waals surface area contributed by atoms with Gasteiger partial charge in [-0.25, -0.2) is 9.59 Å². The average molecular weight is 545 g/mol. The quantitative estimate of drug-likeness (QED) is 0.320. The standard InChI is InChI=1S/C29H28N4O7/c1-2-38-29-32(25-22(27(34)35)8-5-9-23(25)33(29)24-16-37-17-39-24)15-14-18-10-12-19(13-11-18)20-6-3-4-7-21(20)26-30-28(36)40-31-26/h3-13,24,29H,2,14-17H2,1H3,(H,34,35)(H,30,31,36). The highest BCUT2D eigenvalue weighted by Crippen LogP contribution is 2.44. The Morgan fingerprint density at radius 1 is 1.10 bits per heavy atom. The molecule has 206 valence electrons. The van der Waals surface area contributed by atoms with Crippen LogP contribution in [-0.4, -0.2) is 60.3 Å². The number of hydrogen-bond donors (Lipinski definition) is 2. The largest absolute Gasteiger partial charge is 0.478 e. The molecule has 6 rings (SSSR count). The molecule has 2 N–H and O–H groups in total. The van der Waals surface area contributed by atoms with Gasteiger partial charge in [-0.2, -0.15) is 0 Å². The topological polar surface area (TPSA) is 130 Å². The summed E-state index contributed by atoms with van der Waals surface area (Å²) in [4.78, 5) is 30.3. The van der Waals surface area contributed by atoms with Gasteiger partial charge in [0.25, 0.3) is 0 Å². The maximum absolute atomic E-state index is 12.2. The van der Waals surface area contributed by atoms with Crippen LogP contribution in [0.15, 0.2) is 76.0 Å². The molecule has 2 aliphatic heterocycles. The second kappa shape index (κ2) is 11.0. The highest BCUT2D eigenvalue weighted by molar-refractivity contribution is 6.00. The summed E-state index contributed by atoms with van der Waals surface area (Å²) < 4.78 is 22.1. The summed E-state index contributed by atoms with van der Waals surface area (Å²) in [7, 11) is 0. The lowest BCUT2D eigenvalue weighted by Gasteiger charge is -2.34. The average Bonchev–Trinajstić information content (AvgIpc) is 3.72. The molecule has 0 radical (unpaired) electrons. The van der Waals surface area contributed by atoms with E-state index in [0.717, 1.165) is 27.9 Å². The van der Waals surface area contributed by atoms with Crippen LogP contribution in [0.3, 0.4) is 0 Å². The molecule has 4 aromatic rings. The van der Waals surface area contributed by atoms with E-state index in [1.54, 1.807) is 12.1 Å². The third-order valence-corrected chi connectivity index (χ3v) is 7.07. The molecule has 11 heteroatoms. The number of anilines is 2. The van der Waals surface area contributed by atoms with Crippen LogP contribution >= 0.6 is 0 Å². The number of aromatic amines is 1. The molecule has 0 saturated carbocycles. The number of aromatic carboxylic acids is 1. The molecular formula is C29H28N4O7. The van der Waals surface area contributed by atoms with Crippen molar-refractivity contribution < 1.29 is 28.6 Å². The van der Waals surface area contributed by atoms with Crippen molar-refractivity contribution >= 4 is 17.3 Å². The van der Waals surface area contributed by atoms with E-state index in [-0.39, 0.29) is 18.6 Å². The molecule has 2 unspecified atom stereocenters. The summed E-state index contributed by atoms with van der Waals surface area (Å²) in [6, 6.07) is 21.0. The predicted molar refractivity (Wildman–Crippen MR) is 146 cm³/mol. The van der Waals surface area contributed by atoms with Gasteiger partial charge in [0.1, 0.15) is 6.79 Å². The summed E-state index contributed by atoms with van der Waals surface area (Å²) in [5.74, 6) is -1.24. The molecule has 11 nitrogen and oxygen atoms in total. The Morgan fingerprint density at radius 2 is 1.90 bits per heavy atom. The van der Waals surface area contributed by atoms with Crippen molar-refractivity contribution in [2.24, 2.45) is 0 Å². The fourth-order valence-corrected chi connectivity index (χ4v) is 5.30. The lowest BCUT2D eigenvalue weighted by atomic mass is 9.97. The second-order valence-electron chi connectivity index (χ2n) is 9.41. The number of H-pyrrole nitrogens is 1. The Balaban J connectivity index is 1.27. The van der Waals surface area contributed by atoms with E-state index < -0.39 is 18.1 Å². The number of carbonyl (C=O) groups is 1. The molecule has 3 aromatic carbocycles. The van der Waals surface area contributed by atoms with Gasteiger partial charge < -0.3 is 24.2 Å². The van der Waals surface area contributed by atoms with Crippen LogP contribution in [0, 0.1) is 0 Å². The molecular weight excluding hydrogens is 516 g/mol. The van der Waals surface area contributed by atoms with E-state index in [2.05, 4.69) is 10.1 Å². The number of nitrogens with zero attached hydrogens (tertiary/aromatic N) is 3. The van der Waals surface area contributed by atoms with E-state index in [1.807, 2.05) is 71.3 Å². The smallest absolute Gasteiger partial charge is 0.439 e. The number of nitrogens with one attached hydrogen (secondary N) is 1. The third kappa shape index (κ3) is 4.75. The Kier molecular flexibility index (Phi) is 7.08. The number of para-hydroxylation sites is 1. The summed E-state index contributed by atoms with van der Waals surface area (Å²) in [5.41, 5.74) is 5.25. The molecule has 1 fully saturated rings. The van der Waals surface area contributed by atoms with Crippen molar-refractivity contribution in [3.8, 4) is 22.5 Å². The first kappa shape index (κ1) is 25.8. The van der Waals surface area contributed by atoms with Gasteiger partial charge in [0.05, 0.1) is 23.5 Å². The normalized spacial score (nSPS) is 18.3. The maximum atomic E-state index is 12.2. The van der Waals surface area contributed by atoms with Crippen LogP contribution in [0.4, 0.5) is 11.4 Å². The van der Waals surface area contributed by atoms with E-state index >= 15 is 0 Å². The van der Waals surface area contributed by atoms with Crippen molar-refractivity contribution in [3.05, 3.63) is 88.4 Å². The van der Waals surface area contributed by atoms with Crippen molar-refractivity contribution in [3.63, 3.8) is 0 Å². The Morgan fingerprint density at radius 3 is 2.58 bits per heavy atom. The number of rotatable bonds is 9. The van der Waals surface area contributed by atoms with E-state index in [9.17, 15) is 14.7 Å². The van der Waals surface area contributed by atoms with Crippen LogP contribution in [0.25, 0.3) is 22.5 Å². The summed E-state index contributed by atoms with van der Waals surface area (Å²) in [5, 5.41) is 13.8. The Labute approximate surface area is 229 Å². The first-order valence-electron chi connectivity index (χ1n) is 13.0. The number of fused-ring (bicyclic) bond motifs is 1. The van der Waals surface area contributed by atoms with E-state index in [1.165, 1.54) is 0 Å². The minimum absolute atomic E-state index is 0.177. The third-order valence-electron chi connectivity index (χ3n) is 7.07. The Hall–Kier alpha value is -4.45. The molecule has 0 spiro atoms. The van der Waals surface area contributed by atoms with Crippen LogP contribution in [-0.2, 0) is 20.6 Å². The molecule has 1 saturated heterocycles. The number of ether oxygens (including phenoxy) is 3. The second-order valence-corrected chi connectivity index (χ2v) is 9.41. The summed E-state index contributed by atoms with van der Waals surface area (Å²) in [6.45, 7) is 3.40. The molecule has 40 heavy (non-hydrogen) atoms.